The first kappa shape index (κ1) is 22.5. The highest BCUT2D eigenvalue weighted by Gasteiger charge is 2.37. The molecule has 5 heterocycles. The number of hydrogen-bond donors (Lipinski definition) is 2. The first-order valence-electron chi connectivity index (χ1n) is 11.8. The molecule has 0 bridgehead atoms. The van der Waals surface area contributed by atoms with Crippen LogP contribution in [0.2, 0.25) is 0 Å². The Balaban J connectivity index is 1.01. The average molecular weight is 491 g/mol. The van der Waals surface area contributed by atoms with Crippen LogP contribution in [0.3, 0.4) is 0 Å². The number of carbonyl (C=O) groups excluding carboxylic acids is 2. The number of rotatable bonds is 7. The first-order valence-corrected chi connectivity index (χ1v) is 11.8. The number of anilines is 2. The molecule has 0 spiro atoms. The summed E-state index contributed by atoms with van der Waals surface area (Å²) in [6, 6.07) is 11.3. The molecule has 11 nitrogen and oxygen atoms in total. The van der Waals surface area contributed by atoms with Crippen LogP contribution in [0.1, 0.15) is 5.56 Å². The van der Waals surface area contributed by atoms with Crippen LogP contribution < -0.4 is 25.0 Å². The maximum atomic E-state index is 12.5. The Kier molecular flexibility index (Phi) is 5.78. The Morgan fingerprint density at radius 3 is 2.92 bits per heavy atom. The molecule has 2 saturated heterocycles. The number of nitrogens with one attached hydrogen (secondary N) is 2. The number of pyridine rings is 2. The lowest BCUT2D eigenvalue weighted by atomic mass is 10.1. The molecule has 1 aromatic carbocycles. The van der Waals surface area contributed by atoms with Crippen LogP contribution in [0.5, 0.6) is 11.6 Å². The number of likely N-dealkylation sites (tertiary alicyclic amines) is 1. The van der Waals surface area contributed by atoms with Crippen molar-refractivity contribution >= 4 is 34.4 Å². The number of nitrogens with zero attached hydrogens (tertiary/aromatic N) is 4. The van der Waals surface area contributed by atoms with Gasteiger partial charge in [0.2, 0.25) is 5.88 Å². The zero-order valence-corrected chi connectivity index (χ0v) is 19.8. The Morgan fingerprint density at radius 2 is 2.06 bits per heavy atom. The van der Waals surface area contributed by atoms with Crippen LogP contribution in [-0.4, -0.2) is 78.9 Å². The minimum atomic E-state index is -0.384. The van der Waals surface area contributed by atoms with Crippen molar-refractivity contribution in [1.29, 1.82) is 0 Å². The van der Waals surface area contributed by atoms with Crippen molar-refractivity contribution < 1.29 is 23.8 Å². The van der Waals surface area contributed by atoms with E-state index in [0.29, 0.717) is 48.7 Å². The molecule has 0 saturated carbocycles. The second-order valence-corrected chi connectivity index (χ2v) is 9.12. The largest absolute Gasteiger partial charge is 0.482 e. The fraction of sp³-hybridized carbons (Fsp3) is 0.360. The van der Waals surface area contributed by atoms with E-state index in [2.05, 4.69) is 25.5 Å². The van der Waals surface area contributed by atoms with Crippen LogP contribution in [0.4, 0.5) is 16.2 Å². The fourth-order valence-electron chi connectivity index (χ4n) is 4.77. The first-order chi connectivity index (χ1) is 17.6. The summed E-state index contributed by atoms with van der Waals surface area (Å²) in [6.07, 6.45) is 1.19. The Bertz CT molecular complexity index is 1330. The van der Waals surface area contributed by atoms with Crippen molar-refractivity contribution in [1.82, 2.24) is 20.2 Å². The summed E-state index contributed by atoms with van der Waals surface area (Å²) in [5.41, 5.74) is 3.99. The van der Waals surface area contributed by atoms with E-state index in [0.717, 1.165) is 29.7 Å². The smallest absolute Gasteiger partial charge is 0.414 e. The Hall–Kier alpha value is -3.96. The minimum absolute atomic E-state index is 0.00333. The van der Waals surface area contributed by atoms with Gasteiger partial charge in [0.25, 0.3) is 5.91 Å². The van der Waals surface area contributed by atoms with Gasteiger partial charge >= 0.3 is 6.09 Å². The number of fused-ring (bicyclic) bond motifs is 2. The zero-order valence-electron chi connectivity index (χ0n) is 19.8. The molecule has 6 rings (SSSR count). The van der Waals surface area contributed by atoms with E-state index in [4.69, 9.17) is 14.2 Å². The molecular weight excluding hydrogens is 464 g/mol. The molecule has 0 aliphatic carbocycles. The third-order valence-electron chi connectivity index (χ3n) is 6.63. The summed E-state index contributed by atoms with van der Waals surface area (Å²) in [5.74, 6) is 0.951. The number of methoxy groups -OCH3 is 1. The van der Waals surface area contributed by atoms with Gasteiger partial charge in [-0.2, -0.15) is 0 Å². The third-order valence-corrected chi connectivity index (χ3v) is 6.63. The third kappa shape index (κ3) is 4.38. The van der Waals surface area contributed by atoms with Crippen LogP contribution >= 0.6 is 0 Å². The lowest BCUT2D eigenvalue weighted by Gasteiger charge is -2.40. The Morgan fingerprint density at radius 1 is 1.17 bits per heavy atom. The van der Waals surface area contributed by atoms with E-state index in [1.807, 2.05) is 18.2 Å². The quantitative estimate of drug-likeness (QED) is 0.511. The molecule has 2 N–H and O–H groups in total. The lowest BCUT2D eigenvalue weighted by molar-refractivity contribution is -0.118. The maximum absolute atomic E-state index is 12.5. The van der Waals surface area contributed by atoms with Gasteiger partial charge in [0.15, 0.2) is 6.61 Å². The number of ether oxygens (including phenoxy) is 3. The Labute approximate surface area is 207 Å². The highest BCUT2D eigenvalue weighted by Crippen LogP contribution is 2.33. The van der Waals surface area contributed by atoms with E-state index in [1.54, 1.807) is 36.4 Å². The number of carbonyl (C=O) groups is 2. The van der Waals surface area contributed by atoms with Gasteiger partial charge in [0.1, 0.15) is 11.9 Å². The molecule has 36 heavy (non-hydrogen) atoms. The van der Waals surface area contributed by atoms with Gasteiger partial charge in [0, 0.05) is 50.2 Å². The number of hydrogen-bond acceptors (Lipinski definition) is 9. The normalized spacial score (nSPS) is 19.9. The maximum Gasteiger partial charge on any atom is 0.414 e. The second-order valence-electron chi connectivity index (χ2n) is 9.12. The van der Waals surface area contributed by atoms with Crippen molar-refractivity contribution in [2.75, 3.05) is 50.1 Å². The van der Waals surface area contributed by atoms with E-state index in [-0.39, 0.29) is 24.7 Å². The lowest BCUT2D eigenvalue weighted by Crippen LogP contribution is -2.59. The molecular formula is C25H26N6O5. The van der Waals surface area contributed by atoms with Crippen molar-refractivity contribution in [2.24, 2.45) is 0 Å². The summed E-state index contributed by atoms with van der Waals surface area (Å²) >= 11 is 0. The van der Waals surface area contributed by atoms with E-state index in [1.165, 1.54) is 0 Å². The summed E-state index contributed by atoms with van der Waals surface area (Å²) in [7, 11) is 1.60. The zero-order chi connectivity index (χ0) is 24.6. The summed E-state index contributed by atoms with van der Waals surface area (Å²) in [4.78, 5) is 36.9. The van der Waals surface area contributed by atoms with Crippen LogP contribution in [0, 0.1) is 0 Å². The summed E-state index contributed by atoms with van der Waals surface area (Å²) < 4.78 is 16.3. The molecule has 2 fully saturated rings. The van der Waals surface area contributed by atoms with Crippen LogP contribution in [0.25, 0.3) is 11.0 Å². The average Bonchev–Trinajstić information content (AvgIpc) is 3.24. The molecule has 0 radical (unpaired) electrons. The van der Waals surface area contributed by atoms with Gasteiger partial charge in [-0.15, -0.1) is 0 Å². The van der Waals surface area contributed by atoms with Crippen molar-refractivity contribution in [3.8, 4) is 11.6 Å². The summed E-state index contributed by atoms with van der Waals surface area (Å²) in [6.45, 7) is 3.55. The predicted molar refractivity (Wildman–Crippen MR) is 131 cm³/mol. The highest BCUT2D eigenvalue weighted by atomic mass is 16.6. The molecule has 186 valence electrons. The standard InChI is InChI=1S/C25H26N6O5/c1-34-23-5-3-19-24(29-23)15(6-7-26-19)9-27-16-10-30(11-16)12-18-13-31(25(33)36-18)17-2-4-21-20(8-17)28-22(32)14-35-21/h2-8,16,18,27H,9-14H2,1H3,(H,28,32). The van der Waals surface area contributed by atoms with Crippen molar-refractivity contribution in [3.05, 3.63) is 48.2 Å². The molecule has 3 aromatic rings. The van der Waals surface area contributed by atoms with Crippen LogP contribution in [-0.2, 0) is 16.1 Å². The van der Waals surface area contributed by atoms with Gasteiger partial charge in [-0.1, -0.05) is 0 Å². The predicted octanol–water partition coefficient (Wildman–Crippen LogP) is 1.77. The van der Waals surface area contributed by atoms with E-state index < -0.39 is 0 Å². The van der Waals surface area contributed by atoms with E-state index >= 15 is 0 Å². The number of aromatic nitrogens is 2. The van der Waals surface area contributed by atoms with Crippen molar-refractivity contribution in [3.63, 3.8) is 0 Å². The molecule has 11 heteroatoms. The van der Waals surface area contributed by atoms with Gasteiger partial charge in [-0.3, -0.25) is 19.6 Å². The summed E-state index contributed by atoms with van der Waals surface area (Å²) in [5, 5.41) is 6.35. The highest BCUT2D eigenvalue weighted by molar-refractivity contribution is 5.97. The SMILES string of the molecule is COc1ccc2nccc(CNC3CN(CC4CN(c5ccc6c(c5)NC(=O)CO6)C(=O)O4)C3)c2n1. The number of amides is 2. The monoisotopic (exact) mass is 490 g/mol. The van der Waals surface area contributed by atoms with Gasteiger partial charge < -0.3 is 24.8 Å². The van der Waals surface area contributed by atoms with Crippen LogP contribution in [0.15, 0.2) is 42.6 Å². The molecule has 3 aliphatic rings. The topological polar surface area (TPSA) is 118 Å². The second kappa shape index (κ2) is 9.25. The molecule has 1 unspecified atom stereocenters. The van der Waals surface area contributed by atoms with Gasteiger partial charge in [-0.25, -0.2) is 9.78 Å². The molecule has 1 atom stereocenters. The van der Waals surface area contributed by atoms with E-state index in [9.17, 15) is 9.59 Å². The number of cyclic esters (lactones) is 1. The van der Waals surface area contributed by atoms with Crippen molar-refractivity contribution in [2.45, 2.75) is 18.7 Å². The molecule has 3 aliphatic heterocycles. The fourth-order valence-corrected chi connectivity index (χ4v) is 4.77. The minimum Gasteiger partial charge on any atom is -0.482 e. The number of benzene rings is 1. The molecule has 2 amide bonds. The van der Waals surface area contributed by atoms with Gasteiger partial charge in [0.05, 0.1) is 30.4 Å². The van der Waals surface area contributed by atoms with Gasteiger partial charge in [-0.05, 0) is 35.9 Å². The molecule has 2 aromatic heterocycles.